The highest BCUT2D eigenvalue weighted by atomic mass is 16.2. The number of carbonyl (C=O) groups excluding carboxylic acids is 4. The van der Waals surface area contributed by atoms with Crippen LogP contribution in [0.25, 0.3) is 10.4 Å². The van der Waals surface area contributed by atoms with Gasteiger partial charge in [0.25, 0.3) is 0 Å². The van der Waals surface area contributed by atoms with Crippen molar-refractivity contribution in [3.05, 3.63) is 10.4 Å². The van der Waals surface area contributed by atoms with E-state index in [0.717, 1.165) is 19.3 Å². The molecule has 0 bridgehead atoms. The first kappa shape index (κ1) is 32.2. The summed E-state index contributed by atoms with van der Waals surface area (Å²) in [7, 11) is 0. The van der Waals surface area contributed by atoms with Crippen LogP contribution in [-0.4, -0.2) is 49.8 Å². The van der Waals surface area contributed by atoms with Crippen LogP contribution < -0.4 is 21.7 Å². The minimum Gasteiger partial charge on any atom is -0.369 e. The molecular weight excluding hydrogens is 450 g/mol. The van der Waals surface area contributed by atoms with E-state index < -0.39 is 22.2 Å². The van der Waals surface area contributed by atoms with Crippen molar-refractivity contribution in [2.45, 2.75) is 86.5 Å². The first-order valence-electron chi connectivity index (χ1n) is 12.4. The fourth-order valence-electron chi connectivity index (χ4n) is 4.19. The Balaban J connectivity index is 5.16. The van der Waals surface area contributed by atoms with Gasteiger partial charge in [0.05, 0.1) is 0 Å². The van der Waals surface area contributed by atoms with E-state index >= 15 is 0 Å². The summed E-state index contributed by atoms with van der Waals surface area (Å²) in [6.45, 7) is 12.2. The Morgan fingerprint density at radius 2 is 1.37 bits per heavy atom. The molecular formula is C24H45N7O4. The fourth-order valence-corrected chi connectivity index (χ4v) is 4.19. The van der Waals surface area contributed by atoms with E-state index in [-0.39, 0.29) is 37.1 Å². The second-order valence-electron chi connectivity index (χ2n) is 10.4. The van der Waals surface area contributed by atoms with Crippen LogP contribution in [0.5, 0.6) is 0 Å². The molecule has 11 heteroatoms. The number of hydrogen-bond donors (Lipinski definition) is 4. The second-order valence-corrected chi connectivity index (χ2v) is 10.4. The molecule has 2 atom stereocenters. The highest BCUT2D eigenvalue weighted by Crippen LogP contribution is 2.44. The summed E-state index contributed by atoms with van der Waals surface area (Å²) >= 11 is 0. The van der Waals surface area contributed by atoms with Gasteiger partial charge in [-0.05, 0) is 50.5 Å². The van der Waals surface area contributed by atoms with Gasteiger partial charge in [0.1, 0.15) is 6.54 Å². The molecule has 0 radical (unpaired) electrons. The molecule has 0 aromatic rings. The zero-order chi connectivity index (χ0) is 27.1. The molecule has 0 aliphatic carbocycles. The van der Waals surface area contributed by atoms with Gasteiger partial charge in [-0.1, -0.05) is 46.7 Å². The van der Waals surface area contributed by atoms with Gasteiger partial charge in [0, 0.05) is 40.8 Å². The third-order valence-electron chi connectivity index (χ3n) is 6.43. The van der Waals surface area contributed by atoms with E-state index in [1.165, 1.54) is 0 Å². The molecule has 0 fully saturated rings. The third-order valence-corrected chi connectivity index (χ3v) is 6.43. The number of carbonyl (C=O) groups is 4. The molecule has 35 heavy (non-hydrogen) atoms. The summed E-state index contributed by atoms with van der Waals surface area (Å²) in [4.78, 5) is 52.3. The lowest BCUT2D eigenvalue weighted by Gasteiger charge is -2.40. The van der Waals surface area contributed by atoms with Gasteiger partial charge < -0.3 is 21.7 Å². The zero-order valence-corrected chi connectivity index (χ0v) is 22.3. The van der Waals surface area contributed by atoms with E-state index in [4.69, 9.17) is 11.3 Å². The first-order chi connectivity index (χ1) is 16.3. The van der Waals surface area contributed by atoms with Gasteiger partial charge >= 0.3 is 0 Å². The summed E-state index contributed by atoms with van der Waals surface area (Å²) < 4.78 is 0. The van der Waals surface area contributed by atoms with Gasteiger partial charge in [0.15, 0.2) is 0 Å². The van der Waals surface area contributed by atoms with Crippen molar-refractivity contribution in [1.29, 1.82) is 0 Å². The van der Waals surface area contributed by atoms with Crippen LogP contribution in [0.2, 0.25) is 0 Å². The lowest BCUT2D eigenvalue weighted by Crippen LogP contribution is -2.50. The number of unbranched alkanes of at least 4 members (excludes halogenated alkanes) is 2. The number of nitrogens with zero attached hydrogens (tertiary/aromatic N) is 3. The van der Waals surface area contributed by atoms with E-state index in [1.54, 1.807) is 20.8 Å². The SMILES string of the molecule is CCCNC(=O)C(C)(CC)CC(C)(CC(C)(C)C(N)=O)C(=O)NCCCCCNC(=O)CN=[N+]=[N-]. The van der Waals surface area contributed by atoms with E-state index in [1.807, 2.05) is 20.8 Å². The lowest BCUT2D eigenvalue weighted by molar-refractivity contribution is -0.141. The van der Waals surface area contributed by atoms with Crippen molar-refractivity contribution in [2.75, 3.05) is 26.2 Å². The highest BCUT2D eigenvalue weighted by molar-refractivity contribution is 5.87. The molecule has 4 amide bonds. The Kier molecular flexibility index (Phi) is 14.0. The van der Waals surface area contributed by atoms with Gasteiger partial charge in [-0.15, -0.1) is 0 Å². The van der Waals surface area contributed by atoms with Gasteiger partial charge in [-0.2, -0.15) is 0 Å². The molecule has 0 spiro atoms. The maximum absolute atomic E-state index is 13.4. The molecule has 2 unspecified atom stereocenters. The Morgan fingerprint density at radius 3 is 1.89 bits per heavy atom. The summed E-state index contributed by atoms with van der Waals surface area (Å²) in [6, 6.07) is 0. The largest absolute Gasteiger partial charge is 0.369 e. The van der Waals surface area contributed by atoms with Crippen LogP contribution in [0.4, 0.5) is 0 Å². The third kappa shape index (κ3) is 11.4. The van der Waals surface area contributed by atoms with Crippen LogP contribution in [-0.2, 0) is 19.2 Å². The molecule has 0 heterocycles. The van der Waals surface area contributed by atoms with E-state index in [2.05, 4.69) is 26.0 Å². The molecule has 0 aliphatic rings. The van der Waals surface area contributed by atoms with E-state index in [0.29, 0.717) is 32.5 Å². The van der Waals surface area contributed by atoms with Crippen LogP contribution >= 0.6 is 0 Å². The van der Waals surface area contributed by atoms with Gasteiger partial charge in [0.2, 0.25) is 23.6 Å². The Hall–Kier alpha value is -2.81. The molecule has 200 valence electrons. The monoisotopic (exact) mass is 495 g/mol. The number of nitrogens with two attached hydrogens (primary N) is 1. The summed E-state index contributed by atoms with van der Waals surface area (Å²) in [5.74, 6) is -1.13. The minimum absolute atomic E-state index is 0.0970. The Labute approximate surface area is 209 Å². The van der Waals surface area contributed by atoms with Crippen molar-refractivity contribution in [1.82, 2.24) is 16.0 Å². The molecule has 0 saturated carbocycles. The minimum atomic E-state index is -0.984. The number of amides is 4. The number of rotatable bonds is 18. The number of nitrogens with one attached hydrogen (secondary N) is 3. The molecule has 0 aliphatic heterocycles. The summed E-state index contributed by atoms with van der Waals surface area (Å²) in [5, 5.41) is 11.8. The van der Waals surface area contributed by atoms with Crippen LogP contribution in [0.15, 0.2) is 5.11 Å². The highest BCUT2D eigenvalue weighted by Gasteiger charge is 2.47. The predicted octanol–water partition coefficient (Wildman–Crippen LogP) is 2.94. The lowest BCUT2D eigenvalue weighted by atomic mass is 9.64. The molecule has 5 N–H and O–H groups in total. The average Bonchev–Trinajstić information content (AvgIpc) is 2.79. The number of hydrogen-bond acceptors (Lipinski definition) is 5. The standard InChI is InChI=1S/C24H45N7O4/c1-7-12-28-20(34)23(5,8-2)17-24(6,16-22(3,4)19(25)33)21(35)29-14-11-9-10-13-27-18(32)15-30-31-26/h7-17H2,1-6H3,(H2,25,33)(H,27,32)(H,28,34)(H,29,35). The van der Waals surface area contributed by atoms with Crippen molar-refractivity contribution in [3.63, 3.8) is 0 Å². The smallest absolute Gasteiger partial charge is 0.226 e. The maximum Gasteiger partial charge on any atom is 0.226 e. The molecule has 11 nitrogen and oxygen atoms in total. The van der Waals surface area contributed by atoms with E-state index in [9.17, 15) is 19.2 Å². The Morgan fingerprint density at radius 1 is 0.829 bits per heavy atom. The van der Waals surface area contributed by atoms with Crippen molar-refractivity contribution < 1.29 is 19.2 Å². The van der Waals surface area contributed by atoms with Crippen molar-refractivity contribution in [2.24, 2.45) is 27.1 Å². The van der Waals surface area contributed by atoms with Crippen molar-refractivity contribution in [3.8, 4) is 0 Å². The van der Waals surface area contributed by atoms with Crippen LogP contribution in [0.1, 0.15) is 86.5 Å². The van der Waals surface area contributed by atoms with Crippen molar-refractivity contribution >= 4 is 23.6 Å². The summed E-state index contributed by atoms with van der Waals surface area (Å²) in [5.41, 5.74) is 11.1. The maximum atomic E-state index is 13.4. The second kappa shape index (κ2) is 15.2. The topological polar surface area (TPSA) is 179 Å². The average molecular weight is 496 g/mol. The predicted molar refractivity (Wildman–Crippen MR) is 136 cm³/mol. The first-order valence-corrected chi connectivity index (χ1v) is 12.4. The van der Waals surface area contributed by atoms with Gasteiger partial charge in [-0.3, -0.25) is 19.2 Å². The molecule has 0 saturated heterocycles. The number of primary amides is 1. The summed E-state index contributed by atoms with van der Waals surface area (Å²) in [6.07, 6.45) is 4.06. The zero-order valence-electron chi connectivity index (χ0n) is 22.3. The Bertz CT molecular complexity index is 780. The quantitative estimate of drug-likeness (QED) is 0.0988. The van der Waals surface area contributed by atoms with Crippen LogP contribution in [0.3, 0.4) is 0 Å². The van der Waals surface area contributed by atoms with Gasteiger partial charge in [-0.25, -0.2) is 0 Å². The molecule has 0 aromatic carbocycles. The number of azide groups is 1. The van der Waals surface area contributed by atoms with Crippen LogP contribution in [0, 0.1) is 16.2 Å². The molecule has 0 aromatic heterocycles. The molecule has 0 rings (SSSR count). The normalized spacial score (nSPS) is 14.6. The fraction of sp³-hybridized carbons (Fsp3) is 0.833.